The second-order valence-corrected chi connectivity index (χ2v) is 9.81. The molecule has 1 N–H and O–H groups in total. The molecule has 4 rings (SSSR count). The van der Waals surface area contributed by atoms with Crippen molar-refractivity contribution in [2.75, 3.05) is 17.7 Å². The molecule has 0 saturated heterocycles. The van der Waals surface area contributed by atoms with Crippen LogP contribution in [0, 0.1) is 0 Å². The van der Waals surface area contributed by atoms with Gasteiger partial charge in [0, 0.05) is 21.1 Å². The Hall–Kier alpha value is -2.75. The molecule has 9 heteroatoms. The number of thioether (sulfide) groups is 1. The zero-order valence-corrected chi connectivity index (χ0v) is 20.9. The van der Waals surface area contributed by atoms with Crippen LogP contribution in [-0.4, -0.2) is 34.2 Å². The summed E-state index contributed by atoms with van der Waals surface area (Å²) in [4.78, 5) is 34.4. The van der Waals surface area contributed by atoms with Crippen molar-refractivity contribution < 1.29 is 14.3 Å². The summed E-state index contributed by atoms with van der Waals surface area (Å²) in [6, 6.07) is 14.8. The predicted octanol–water partition coefficient (Wildman–Crippen LogP) is 6.42. The number of carbonyl (C=O) groups is 2. The zero-order chi connectivity index (χ0) is 23.2. The molecule has 168 valence electrons. The Morgan fingerprint density at radius 1 is 1.15 bits per heavy atom. The van der Waals surface area contributed by atoms with Crippen LogP contribution in [-0.2, 0) is 9.53 Å². The minimum atomic E-state index is -0.399. The van der Waals surface area contributed by atoms with E-state index in [1.54, 1.807) is 35.6 Å². The molecule has 0 radical (unpaired) electrons. The lowest BCUT2D eigenvalue weighted by molar-refractivity contribution is -0.113. The van der Waals surface area contributed by atoms with Gasteiger partial charge in [-0.1, -0.05) is 52.8 Å². The van der Waals surface area contributed by atoms with Gasteiger partial charge in [-0.15, -0.1) is 11.3 Å². The van der Waals surface area contributed by atoms with E-state index < -0.39 is 5.97 Å². The number of thiophene rings is 1. The van der Waals surface area contributed by atoms with Crippen molar-refractivity contribution in [1.29, 1.82) is 0 Å². The number of benzene rings is 2. The summed E-state index contributed by atoms with van der Waals surface area (Å²) < 4.78 is 6.17. The molecule has 0 bridgehead atoms. The van der Waals surface area contributed by atoms with E-state index in [2.05, 4.69) is 36.6 Å². The number of hydrogen-bond acceptors (Lipinski definition) is 7. The van der Waals surface area contributed by atoms with Crippen LogP contribution in [0.3, 0.4) is 0 Å². The van der Waals surface area contributed by atoms with E-state index in [9.17, 15) is 9.59 Å². The quantitative estimate of drug-likeness (QED) is 0.157. The summed E-state index contributed by atoms with van der Waals surface area (Å²) in [5.41, 5.74) is 3.07. The molecule has 0 aliphatic carbocycles. The lowest BCUT2D eigenvalue weighted by atomic mass is 10.1. The number of fused-ring (bicyclic) bond motifs is 1. The van der Waals surface area contributed by atoms with Crippen LogP contribution in [0.5, 0.6) is 0 Å². The van der Waals surface area contributed by atoms with Crippen molar-refractivity contribution in [3.05, 3.63) is 70.3 Å². The van der Waals surface area contributed by atoms with Gasteiger partial charge in [-0.2, -0.15) is 0 Å². The maximum Gasteiger partial charge on any atom is 0.338 e. The lowest BCUT2D eigenvalue weighted by Gasteiger charge is -2.08. The van der Waals surface area contributed by atoms with Gasteiger partial charge in [0.25, 0.3) is 0 Å². The molecule has 4 aromatic rings. The molecule has 0 atom stereocenters. The maximum absolute atomic E-state index is 12.6. The largest absolute Gasteiger partial charge is 0.462 e. The van der Waals surface area contributed by atoms with Gasteiger partial charge in [-0.25, -0.2) is 14.8 Å². The number of carbonyl (C=O) groups excluding carboxylic acids is 2. The van der Waals surface area contributed by atoms with Crippen LogP contribution < -0.4 is 5.32 Å². The standard InChI is InChI=1S/C24H20BrN3O3S2/c1-2-10-31-24(30)16-4-3-5-18(11-16)28-20(29)13-33-23-21-19(12-32-22(21)26-14-27-23)15-6-8-17(25)9-7-15/h3-9,11-12,14H,2,10,13H2,1H3,(H,28,29). The number of amides is 1. The molecule has 2 aromatic heterocycles. The van der Waals surface area contributed by atoms with Gasteiger partial charge in [0.15, 0.2) is 0 Å². The molecule has 2 heterocycles. The number of rotatable bonds is 8. The van der Waals surface area contributed by atoms with Crippen LogP contribution in [0.2, 0.25) is 0 Å². The van der Waals surface area contributed by atoms with E-state index in [4.69, 9.17) is 4.74 Å². The molecule has 0 fully saturated rings. The van der Waals surface area contributed by atoms with Crippen molar-refractivity contribution in [1.82, 2.24) is 9.97 Å². The van der Waals surface area contributed by atoms with Crippen molar-refractivity contribution >= 4 is 66.8 Å². The van der Waals surface area contributed by atoms with Gasteiger partial charge in [-0.05, 0) is 42.3 Å². The average Bonchev–Trinajstić information content (AvgIpc) is 3.27. The van der Waals surface area contributed by atoms with Gasteiger partial charge < -0.3 is 10.1 Å². The molecule has 33 heavy (non-hydrogen) atoms. The fourth-order valence-electron chi connectivity index (χ4n) is 3.13. The first-order valence-electron chi connectivity index (χ1n) is 10.2. The normalized spacial score (nSPS) is 10.8. The smallest absolute Gasteiger partial charge is 0.338 e. The Kier molecular flexibility index (Phi) is 7.74. The second-order valence-electron chi connectivity index (χ2n) is 7.07. The third kappa shape index (κ3) is 5.79. The number of halogens is 1. The summed E-state index contributed by atoms with van der Waals surface area (Å²) in [7, 11) is 0. The number of aromatic nitrogens is 2. The molecular weight excluding hydrogens is 522 g/mol. The Labute approximate surface area is 207 Å². The first kappa shape index (κ1) is 23.4. The number of ether oxygens (including phenoxy) is 1. The number of esters is 1. The van der Waals surface area contributed by atoms with E-state index >= 15 is 0 Å². The van der Waals surface area contributed by atoms with Gasteiger partial charge in [-0.3, -0.25) is 4.79 Å². The highest BCUT2D eigenvalue weighted by Gasteiger charge is 2.15. The van der Waals surface area contributed by atoms with Crippen molar-refractivity contribution in [2.45, 2.75) is 18.4 Å². The average molecular weight is 542 g/mol. The van der Waals surface area contributed by atoms with Crippen molar-refractivity contribution in [2.24, 2.45) is 0 Å². The Bertz CT molecular complexity index is 1290. The first-order chi connectivity index (χ1) is 16.0. The summed E-state index contributed by atoms with van der Waals surface area (Å²) in [6.45, 7) is 2.30. The summed E-state index contributed by atoms with van der Waals surface area (Å²) in [5.74, 6) is -0.415. The van der Waals surface area contributed by atoms with E-state index in [-0.39, 0.29) is 11.7 Å². The SMILES string of the molecule is CCCOC(=O)c1cccc(NC(=O)CSc2ncnc3scc(-c4ccc(Br)cc4)c23)c1. The molecule has 6 nitrogen and oxygen atoms in total. The number of hydrogen-bond donors (Lipinski definition) is 1. The molecular formula is C24H20BrN3O3S2. The topological polar surface area (TPSA) is 81.2 Å². The first-order valence-corrected chi connectivity index (χ1v) is 12.9. The minimum absolute atomic E-state index is 0.173. The van der Waals surface area contributed by atoms with Gasteiger partial charge in [0.1, 0.15) is 16.2 Å². The zero-order valence-electron chi connectivity index (χ0n) is 17.7. The van der Waals surface area contributed by atoms with Crippen LogP contribution in [0.1, 0.15) is 23.7 Å². The third-order valence-corrected chi connectivity index (χ3v) is 7.05. The summed E-state index contributed by atoms with van der Waals surface area (Å²) in [6.07, 6.45) is 2.28. The Morgan fingerprint density at radius 2 is 1.97 bits per heavy atom. The minimum Gasteiger partial charge on any atom is -0.462 e. The van der Waals surface area contributed by atoms with Crippen LogP contribution in [0.25, 0.3) is 21.3 Å². The van der Waals surface area contributed by atoms with Crippen molar-refractivity contribution in [3.8, 4) is 11.1 Å². The number of anilines is 1. The fraction of sp³-hybridized carbons (Fsp3) is 0.167. The van der Waals surface area contributed by atoms with E-state index in [0.29, 0.717) is 17.9 Å². The predicted molar refractivity (Wildman–Crippen MR) is 137 cm³/mol. The van der Waals surface area contributed by atoms with Crippen molar-refractivity contribution in [3.63, 3.8) is 0 Å². The highest BCUT2D eigenvalue weighted by molar-refractivity contribution is 9.10. The molecule has 0 saturated carbocycles. The molecule has 2 aromatic carbocycles. The molecule has 0 spiro atoms. The van der Waals surface area contributed by atoms with E-state index in [0.717, 1.165) is 37.3 Å². The van der Waals surface area contributed by atoms with Gasteiger partial charge >= 0.3 is 5.97 Å². The van der Waals surface area contributed by atoms with E-state index in [1.165, 1.54) is 18.1 Å². The van der Waals surface area contributed by atoms with Gasteiger partial charge in [0.2, 0.25) is 5.91 Å². The molecule has 0 aliphatic rings. The van der Waals surface area contributed by atoms with Crippen LogP contribution in [0.4, 0.5) is 5.69 Å². The monoisotopic (exact) mass is 541 g/mol. The summed E-state index contributed by atoms with van der Waals surface area (Å²) >= 11 is 6.38. The molecule has 0 unspecified atom stereocenters. The molecule has 1 amide bonds. The van der Waals surface area contributed by atoms with Gasteiger partial charge in [0.05, 0.1) is 23.3 Å². The number of nitrogens with zero attached hydrogens (tertiary/aromatic N) is 2. The maximum atomic E-state index is 12.6. The number of nitrogens with one attached hydrogen (secondary N) is 1. The second kappa shape index (κ2) is 10.9. The Balaban J connectivity index is 1.47. The Morgan fingerprint density at radius 3 is 2.76 bits per heavy atom. The third-order valence-electron chi connectivity index (χ3n) is 4.65. The van der Waals surface area contributed by atoms with Crippen LogP contribution >= 0.6 is 39.0 Å². The highest BCUT2D eigenvalue weighted by Crippen LogP contribution is 2.38. The fourth-order valence-corrected chi connectivity index (χ4v) is 5.19. The molecule has 0 aliphatic heterocycles. The van der Waals surface area contributed by atoms with Crippen LogP contribution in [0.15, 0.2) is 69.7 Å². The lowest BCUT2D eigenvalue weighted by Crippen LogP contribution is -2.15. The highest BCUT2D eigenvalue weighted by atomic mass is 79.9. The van der Waals surface area contributed by atoms with E-state index in [1.807, 2.05) is 31.2 Å². The summed E-state index contributed by atoms with van der Waals surface area (Å²) in [5, 5.41) is 6.61.